The molecule has 1 fully saturated rings. The summed E-state index contributed by atoms with van der Waals surface area (Å²) >= 11 is 6.16. The molecule has 1 aromatic heterocycles. The lowest BCUT2D eigenvalue weighted by molar-refractivity contribution is 0.418. The molecule has 1 aliphatic rings. The third-order valence-corrected chi connectivity index (χ3v) is 6.69. The molecule has 0 aliphatic carbocycles. The number of rotatable bonds is 6. The fourth-order valence-electron chi connectivity index (χ4n) is 2.73. The summed E-state index contributed by atoms with van der Waals surface area (Å²) in [6, 6.07) is 4.96. The average Bonchev–Trinajstić information content (AvgIpc) is 3.27. The van der Waals surface area contributed by atoms with Crippen molar-refractivity contribution >= 4 is 34.0 Å². The van der Waals surface area contributed by atoms with Crippen LogP contribution in [0.1, 0.15) is 25.6 Å². The SMILES string of the molecule is CNC(C)Cc1noc(-c2ccc(Cl)c(S(=O)(=O)N3CCCC3)c2)n1.Cl. The molecule has 10 heteroatoms. The Labute approximate surface area is 164 Å². The molecule has 0 saturated carbocycles. The Morgan fingerprint density at radius 3 is 2.69 bits per heavy atom. The number of benzene rings is 1. The molecule has 1 aromatic carbocycles. The van der Waals surface area contributed by atoms with Crippen molar-refractivity contribution in [1.29, 1.82) is 0 Å². The van der Waals surface area contributed by atoms with Gasteiger partial charge in [-0.05, 0) is 45.0 Å². The van der Waals surface area contributed by atoms with Crippen molar-refractivity contribution in [2.75, 3.05) is 20.1 Å². The molecular weight excluding hydrogens is 399 g/mol. The molecule has 2 aromatic rings. The molecule has 144 valence electrons. The molecule has 0 radical (unpaired) electrons. The van der Waals surface area contributed by atoms with Crippen LogP contribution in [-0.4, -0.2) is 49.0 Å². The second kappa shape index (κ2) is 8.67. The molecule has 1 saturated heterocycles. The zero-order valence-electron chi connectivity index (χ0n) is 14.6. The molecule has 2 heterocycles. The second-order valence-corrected chi connectivity index (χ2v) is 8.48. The molecule has 1 atom stereocenters. The first-order valence-electron chi connectivity index (χ1n) is 8.21. The van der Waals surface area contributed by atoms with Gasteiger partial charge in [-0.25, -0.2) is 8.42 Å². The van der Waals surface area contributed by atoms with Crippen LogP contribution in [0.2, 0.25) is 5.02 Å². The standard InChI is InChI=1S/C16H21ClN4O3S.ClH/c1-11(18-2)9-15-19-16(24-20-15)12-5-6-13(17)14(10-12)25(22,23)21-7-3-4-8-21;/h5-6,10-11,18H,3-4,7-9H2,1-2H3;1H. The molecule has 0 spiro atoms. The molecule has 26 heavy (non-hydrogen) atoms. The van der Waals surface area contributed by atoms with Crippen LogP contribution in [0.25, 0.3) is 11.5 Å². The van der Waals surface area contributed by atoms with Crippen LogP contribution in [0.5, 0.6) is 0 Å². The summed E-state index contributed by atoms with van der Waals surface area (Å²) in [4.78, 5) is 4.43. The second-order valence-electron chi connectivity index (χ2n) is 6.17. The summed E-state index contributed by atoms with van der Waals surface area (Å²) in [5.74, 6) is 0.851. The van der Waals surface area contributed by atoms with Crippen molar-refractivity contribution in [2.24, 2.45) is 0 Å². The van der Waals surface area contributed by atoms with Crippen LogP contribution in [0.3, 0.4) is 0 Å². The monoisotopic (exact) mass is 420 g/mol. The lowest BCUT2D eigenvalue weighted by atomic mass is 10.2. The van der Waals surface area contributed by atoms with Gasteiger partial charge in [0.15, 0.2) is 5.82 Å². The maximum atomic E-state index is 12.8. The van der Waals surface area contributed by atoms with Crippen LogP contribution in [0.15, 0.2) is 27.6 Å². The number of aromatic nitrogens is 2. The van der Waals surface area contributed by atoms with Gasteiger partial charge in [-0.15, -0.1) is 12.4 Å². The number of hydrogen-bond donors (Lipinski definition) is 1. The van der Waals surface area contributed by atoms with E-state index in [1.807, 2.05) is 14.0 Å². The predicted octanol–water partition coefficient (Wildman–Crippen LogP) is 2.75. The van der Waals surface area contributed by atoms with E-state index in [0.29, 0.717) is 30.9 Å². The molecule has 3 rings (SSSR count). The number of hydrogen-bond acceptors (Lipinski definition) is 6. The number of halogens is 2. The lowest BCUT2D eigenvalue weighted by Gasteiger charge is -2.16. The van der Waals surface area contributed by atoms with Gasteiger partial charge in [0.2, 0.25) is 10.0 Å². The highest BCUT2D eigenvalue weighted by atomic mass is 35.5. The van der Waals surface area contributed by atoms with E-state index in [1.54, 1.807) is 12.1 Å². The Morgan fingerprint density at radius 2 is 2.04 bits per heavy atom. The third kappa shape index (κ3) is 4.37. The smallest absolute Gasteiger partial charge is 0.257 e. The summed E-state index contributed by atoms with van der Waals surface area (Å²) in [6.07, 6.45) is 2.35. The molecule has 1 aliphatic heterocycles. The number of nitrogens with one attached hydrogen (secondary N) is 1. The molecule has 7 nitrogen and oxygen atoms in total. The highest BCUT2D eigenvalue weighted by Gasteiger charge is 2.29. The normalized spacial score (nSPS) is 16.4. The number of nitrogens with zero attached hydrogens (tertiary/aromatic N) is 3. The summed E-state index contributed by atoms with van der Waals surface area (Å²) in [5.41, 5.74) is 0.540. The van der Waals surface area contributed by atoms with E-state index < -0.39 is 10.0 Å². The molecule has 1 unspecified atom stereocenters. The van der Waals surface area contributed by atoms with Gasteiger partial charge in [0.25, 0.3) is 5.89 Å². The fraction of sp³-hybridized carbons (Fsp3) is 0.500. The van der Waals surface area contributed by atoms with Crippen molar-refractivity contribution in [3.63, 3.8) is 0 Å². The van der Waals surface area contributed by atoms with Gasteiger partial charge < -0.3 is 9.84 Å². The number of likely N-dealkylation sites (N-methyl/N-ethyl adjacent to an activating group) is 1. The maximum absolute atomic E-state index is 12.8. The van der Waals surface area contributed by atoms with Gasteiger partial charge in [-0.3, -0.25) is 0 Å². The highest BCUT2D eigenvalue weighted by molar-refractivity contribution is 7.89. The van der Waals surface area contributed by atoms with Gasteiger partial charge >= 0.3 is 0 Å². The maximum Gasteiger partial charge on any atom is 0.257 e. The predicted molar refractivity (Wildman–Crippen MR) is 102 cm³/mol. The van der Waals surface area contributed by atoms with Gasteiger partial charge in [-0.2, -0.15) is 9.29 Å². The largest absolute Gasteiger partial charge is 0.334 e. The van der Waals surface area contributed by atoms with E-state index in [9.17, 15) is 8.42 Å². The Bertz CT molecular complexity index is 851. The topological polar surface area (TPSA) is 88.3 Å². The highest BCUT2D eigenvalue weighted by Crippen LogP contribution is 2.31. The molecular formula is C16H22Cl2N4O3S. The van der Waals surface area contributed by atoms with E-state index in [4.69, 9.17) is 16.1 Å². The summed E-state index contributed by atoms with van der Waals surface area (Å²) in [5, 5.41) is 7.25. The summed E-state index contributed by atoms with van der Waals surface area (Å²) in [6.45, 7) is 3.06. The third-order valence-electron chi connectivity index (χ3n) is 4.31. The van der Waals surface area contributed by atoms with Crippen LogP contribution in [0, 0.1) is 0 Å². The minimum Gasteiger partial charge on any atom is -0.334 e. The zero-order valence-corrected chi connectivity index (χ0v) is 17.0. The Hall–Kier alpha value is -1.19. The first-order valence-corrected chi connectivity index (χ1v) is 10.0. The molecule has 1 N–H and O–H groups in total. The van der Waals surface area contributed by atoms with E-state index in [1.165, 1.54) is 10.4 Å². The van der Waals surface area contributed by atoms with Crippen molar-refractivity contribution in [3.8, 4) is 11.5 Å². The van der Waals surface area contributed by atoms with Crippen molar-refractivity contribution in [2.45, 2.75) is 37.1 Å². The summed E-state index contributed by atoms with van der Waals surface area (Å²) in [7, 11) is -1.75. The van der Waals surface area contributed by atoms with Crippen molar-refractivity contribution in [1.82, 2.24) is 19.8 Å². The molecule has 0 bridgehead atoms. The Morgan fingerprint density at radius 1 is 1.35 bits per heavy atom. The minimum atomic E-state index is -3.61. The van der Waals surface area contributed by atoms with Gasteiger partial charge in [-0.1, -0.05) is 16.8 Å². The fourth-order valence-corrected chi connectivity index (χ4v) is 4.75. The average molecular weight is 421 g/mol. The first kappa shape index (κ1) is 21.1. The van der Waals surface area contributed by atoms with Gasteiger partial charge in [0, 0.05) is 31.1 Å². The quantitative estimate of drug-likeness (QED) is 0.772. The van der Waals surface area contributed by atoms with Crippen LogP contribution >= 0.6 is 24.0 Å². The van der Waals surface area contributed by atoms with Crippen molar-refractivity contribution < 1.29 is 12.9 Å². The van der Waals surface area contributed by atoms with Gasteiger partial charge in [0.05, 0.1) is 5.02 Å². The summed E-state index contributed by atoms with van der Waals surface area (Å²) < 4.78 is 32.3. The Kier molecular flexibility index (Phi) is 7.04. The minimum absolute atomic E-state index is 0. The van der Waals surface area contributed by atoms with Crippen molar-refractivity contribution in [3.05, 3.63) is 29.0 Å². The van der Waals surface area contributed by atoms with Crippen LogP contribution in [0.4, 0.5) is 0 Å². The van der Waals surface area contributed by atoms with Crippen LogP contribution in [-0.2, 0) is 16.4 Å². The van der Waals surface area contributed by atoms with Gasteiger partial charge in [0.1, 0.15) is 4.90 Å². The first-order chi connectivity index (χ1) is 11.9. The van der Waals surface area contributed by atoms with Crippen LogP contribution < -0.4 is 5.32 Å². The van der Waals surface area contributed by atoms with E-state index in [0.717, 1.165) is 12.8 Å². The number of sulfonamides is 1. The van der Waals surface area contributed by atoms with E-state index in [2.05, 4.69) is 15.5 Å². The zero-order chi connectivity index (χ0) is 18.0. The molecule has 0 amide bonds. The van der Waals surface area contributed by atoms with E-state index in [-0.39, 0.29) is 34.3 Å². The lowest BCUT2D eigenvalue weighted by Crippen LogP contribution is -2.28. The Balaban J connectivity index is 0.00000243. The van der Waals surface area contributed by atoms with E-state index >= 15 is 0 Å².